The van der Waals surface area contributed by atoms with Gasteiger partial charge in [-0.3, -0.25) is 10.2 Å². The molecule has 0 saturated heterocycles. The molecule has 3 aromatic carbocycles. The van der Waals surface area contributed by atoms with Gasteiger partial charge in [0.1, 0.15) is 5.75 Å². The van der Waals surface area contributed by atoms with Crippen LogP contribution in [-0.2, 0) is 4.79 Å². The van der Waals surface area contributed by atoms with E-state index in [1.54, 1.807) is 13.0 Å². The molecule has 10 nitrogen and oxygen atoms in total. The van der Waals surface area contributed by atoms with Crippen LogP contribution in [0, 0.1) is 13.8 Å². The maximum atomic E-state index is 13.0. The Bertz CT molecular complexity index is 1520. The maximum Gasteiger partial charge on any atom is 0.301 e. The zero-order valence-electron chi connectivity index (χ0n) is 20.9. The number of phenols is 1. The molecule has 3 N–H and O–H groups in total. The number of phenolic OH excluding ortho intramolecular Hbond substituents is 1. The number of carbonyl (C=O) groups is 1. The number of tetrazole rings is 1. The smallest absolute Gasteiger partial charge is 0.301 e. The molecular formula is C27H26N8O2. The highest BCUT2D eigenvalue weighted by Crippen LogP contribution is 2.36. The number of hydrogen-bond donors (Lipinski definition) is 3. The molecule has 186 valence electrons. The molecule has 2 heterocycles. The van der Waals surface area contributed by atoms with Crippen LogP contribution in [0.1, 0.15) is 42.3 Å². The SMILES string of the molecule is CC1=NN(c2ccc(C)c(C)c2)C(=O)/C1=N\Nc1cccc(-c2ccc(C(C)c3nnn[nH]3)cc2)c1O. The number of para-hydroxylation sites is 1. The lowest BCUT2D eigenvalue weighted by Gasteiger charge is -2.13. The molecule has 0 radical (unpaired) electrons. The van der Waals surface area contributed by atoms with Crippen molar-refractivity contribution in [1.29, 1.82) is 0 Å². The molecular weight excluding hydrogens is 468 g/mol. The summed E-state index contributed by atoms with van der Waals surface area (Å²) < 4.78 is 0. The van der Waals surface area contributed by atoms with E-state index in [9.17, 15) is 9.90 Å². The summed E-state index contributed by atoms with van der Waals surface area (Å²) in [7, 11) is 0. The number of hydrazone groups is 2. The van der Waals surface area contributed by atoms with E-state index < -0.39 is 0 Å². The summed E-state index contributed by atoms with van der Waals surface area (Å²) in [6, 6.07) is 18.9. The number of aromatic nitrogens is 4. The number of benzene rings is 3. The van der Waals surface area contributed by atoms with Gasteiger partial charge in [0.25, 0.3) is 0 Å². The first-order valence-electron chi connectivity index (χ1n) is 11.8. The molecule has 37 heavy (non-hydrogen) atoms. The van der Waals surface area contributed by atoms with Crippen molar-refractivity contribution in [2.24, 2.45) is 10.2 Å². The lowest BCUT2D eigenvalue weighted by molar-refractivity contribution is -0.112. The first kappa shape index (κ1) is 23.9. The van der Waals surface area contributed by atoms with Crippen LogP contribution in [0.4, 0.5) is 11.4 Å². The van der Waals surface area contributed by atoms with E-state index in [-0.39, 0.29) is 23.3 Å². The number of aryl methyl sites for hydroxylation is 2. The molecule has 1 amide bonds. The van der Waals surface area contributed by atoms with E-state index in [4.69, 9.17) is 0 Å². The summed E-state index contributed by atoms with van der Waals surface area (Å²) >= 11 is 0. The second-order valence-corrected chi connectivity index (χ2v) is 8.98. The van der Waals surface area contributed by atoms with Crippen molar-refractivity contribution in [1.82, 2.24) is 20.6 Å². The van der Waals surface area contributed by atoms with Gasteiger partial charge in [-0.1, -0.05) is 49.4 Å². The number of anilines is 2. The zero-order valence-corrected chi connectivity index (χ0v) is 20.9. The van der Waals surface area contributed by atoms with E-state index in [1.807, 2.05) is 75.4 Å². The van der Waals surface area contributed by atoms with Crippen molar-refractivity contribution >= 4 is 28.7 Å². The second-order valence-electron chi connectivity index (χ2n) is 8.98. The minimum absolute atomic E-state index is 0.00119. The fourth-order valence-corrected chi connectivity index (χ4v) is 4.10. The van der Waals surface area contributed by atoms with Crippen molar-refractivity contribution in [3.63, 3.8) is 0 Å². The first-order valence-corrected chi connectivity index (χ1v) is 11.8. The quantitative estimate of drug-likeness (QED) is 0.267. The van der Waals surface area contributed by atoms with Crippen LogP contribution in [-0.4, -0.2) is 43.1 Å². The fourth-order valence-electron chi connectivity index (χ4n) is 4.10. The van der Waals surface area contributed by atoms with Crippen LogP contribution in [0.15, 0.2) is 70.9 Å². The average molecular weight is 495 g/mol. The lowest BCUT2D eigenvalue weighted by Crippen LogP contribution is -2.28. The van der Waals surface area contributed by atoms with E-state index in [2.05, 4.69) is 36.3 Å². The molecule has 5 rings (SSSR count). The summed E-state index contributed by atoms with van der Waals surface area (Å²) in [6.45, 7) is 7.74. The molecule has 10 heteroatoms. The molecule has 1 aromatic heterocycles. The number of aromatic amines is 1. The molecule has 1 atom stereocenters. The predicted molar refractivity (Wildman–Crippen MR) is 143 cm³/mol. The average Bonchev–Trinajstić information content (AvgIpc) is 3.53. The number of hydrogen-bond acceptors (Lipinski definition) is 8. The Kier molecular flexibility index (Phi) is 6.22. The highest BCUT2D eigenvalue weighted by atomic mass is 16.3. The first-order chi connectivity index (χ1) is 17.8. The van der Waals surface area contributed by atoms with Crippen molar-refractivity contribution in [2.75, 3.05) is 10.4 Å². The summed E-state index contributed by atoms with van der Waals surface area (Å²) in [6.07, 6.45) is 0. The number of carbonyl (C=O) groups excluding carboxylic acids is 1. The molecule has 0 spiro atoms. The van der Waals surface area contributed by atoms with Gasteiger partial charge >= 0.3 is 5.91 Å². The Morgan fingerprint density at radius 2 is 1.81 bits per heavy atom. The molecule has 0 aliphatic carbocycles. The van der Waals surface area contributed by atoms with Gasteiger partial charge in [0.05, 0.1) is 17.1 Å². The molecule has 1 aliphatic heterocycles. The summed E-state index contributed by atoms with van der Waals surface area (Å²) in [5.41, 5.74) is 9.27. The molecule has 0 saturated carbocycles. The predicted octanol–water partition coefficient (Wildman–Crippen LogP) is 4.53. The van der Waals surface area contributed by atoms with Gasteiger partial charge in [-0.15, -0.1) is 5.10 Å². The zero-order chi connectivity index (χ0) is 26.1. The molecule has 0 bridgehead atoms. The van der Waals surface area contributed by atoms with Crippen LogP contribution in [0.5, 0.6) is 5.75 Å². The number of nitrogens with one attached hydrogen (secondary N) is 2. The Labute approximate surface area is 213 Å². The van der Waals surface area contributed by atoms with Gasteiger partial charge in [-0.25, -0.2) is 5.10 Å². The second kappa shape index (κ2) is 9.65. The standard InChI is InChI=1S/C27H26N8O2/c1-15-8-13-21(14-16(15)2)35-27(37)24(18(4)32-35)29-28-23-7-5-6-22(25(23)36)20-11-9-19(10-12-20)17(3)26-30-33-34-31-26/h5-14,17,28,36H,1-4H3,(H,30,31,33,34)/b29-24-. The summed E-state index contributed by atoms with van der Waals surface area (Å²) in [4.78, 5) is 13.0. The van der Waals surface area contributed by atoms with Gasteiger partial charge in [0.15, 0.2) is 11.5 Å². The van der Waals surface area contributed by atoms with Crippen molar-refractivity contribution in [3.8, 4) is 16.9 Å². The Morgan fingerprint density at radius 1 is 1.03 bits per heavy atom. The maximum absolute atomic E-state index is 13.0. The Morgan fingerprint density at radius 3 is 2.51 bits per heavy atom. The van der Waals surface area contributed by atoms with Crippen LogP contribution < -0.4 is 10.4 Å². The van der Waals surface area contributed by atoms with Crippen molar-refractivity contribution in [3.05, 3.63) is 83.2 Å². The Hall–Kier alpha value is -4.86. The molecule has 1 unspecified atom stereocenters. The third kappa shape index (κ3) is 4.56. The number of aromatic hydroxyl groups is 1. The molecule has 4 aromatic rings. The highest BCUT2D eigenvalue weighted by molar-refractivity contribution is 6.71. The van der Waals surface area contributed by atoms with Gasteiger partial charge in [-0.05, 0) is 71.7 Å². The summed E-state index contributed by atoms with van der Waals surface area (Å²) in [5.74, 6) is 0.365. The van der Waals surface area contributed by atoms with Gasteiger partial charge in [0, 0.05) is 11.5 Å². The molecule has 1 aliphatic rings. The monoisotopic (exact) mass is 494 g/mol. The van der Waals surface area contributed by atoms with Crippen molar-refractivity contribution < 1.29 is 9.90 Å². The Balaban J connectivity index is 1.36. The van der Waals surface area contributed by atoms with Crippen LogP contribution in [0.3, 0.4) is 0 Å². The van der Waals surface area contributed by atoms with Crippen LogP contribution >= 0.6 is 0 Å². The third-order valence-corrected chi connectivity index (χ3v) is 6.54. The topological polar surface area (TPSA) is 132 Å². The largest absolute Gasteiger partial charge is 0.505 e. The van der Waals surface area contributed by atoms with Crippen LogP contribution in [0.25, 0.3) is 11.1 Å². The van der Waals surface area contributed by atoms with Crippen LogP contribution in [0.2, 0.25) is 0 Å². The number of nitrogens with zero attached hydrogens (tertiary/aromatic N) is 6. The highest BCUT2D eigenvalue weighted by Gasteiger charge is 2.31. The summed E-state index contributed by atoms with van der Waals surface area (Å²) in [5, 5.41) is 35.0. The van der Waals surface area contributed by atoms with Gasteiger partial charge < -0.3 is 5.11 Å². The van der Waals surface area contributed by atoms with E-state index >= 15 is 0 Å². The van der Waals surface area contributed by atoms with Gasteiger partial charge in [-0.2, -0.15) is 15.2 Å². The lowest BCUT2D eigenvalue weighted by atomic mass is 9.96. The minimum atomic E-state index is -0.337. The normalized spacial score (nSPS) is 15.2. The minimum Gasteiger partial charge on any atom is -0.505 e. The third-order valence-electron chi connectivity index (χ3n) is 6.54. The number of H-pyrrole nitrogens is 1. The van der Waals surface area contributed by atoms with Gasteiger partial charge in [0.2, 0.25) is 0 Å². The number of amides is 1. The van der Waals surface area contributed by atoms with Crippen molar-refractivity contribution in [2.45, 2.75) is 33.6 Å². The van der Waals surface area contributed by atoms with E-state index in [0.717, 1.165) is 22.3 Å². The van der Waals surface area contributed by atoms with E-state index in [0.29, 0.717) is 28.5 Å². The molecule has 0 fully saturated rings. The van der Waals surface area contributed by atoms with E-state index in [1.165, 1.54) is 5.01 Å². The number of rotatable bonds is 6. The fraction of sp³-hybridized carbons (Fsp3) is 0.185.